The van der Waals surface area contributed by atoms with Gasteiger partial charge in [-0.1, -0.05) is 114 Å². The van der Waals surface area contributed by atoms with Crippen LogP contribution in [0.4, 0.5) is 0 Å². The van der Waals surface area contributed by atoms with Gasteiger partial charge in [0, 0.05) is 28.5 Å². The Bertz CT molecular complexity index is 2260. The Morgan fingerprint density at radius 3 is 2.02 bits per heavy atom. The molecule has 0 saturated carbocycles. The number of pyridine rings is 1. The molecule has 4 nitrogen and oxygen atoms in total. The maximum absolute atomic E-state index is 4.97. The molecule has 2 heterocycles. The third-order valence-electron chi connectivity index (χ3n) is 8.43. The molecule has 0 atom stereocenters. The largest absolute Gasteiger partial charge is 2.00 e. The third-order valence-corrected chi connectivity index (χ3v) is 8.43. The van der Waals surface area contributed by atoms with E-state index in [-0.39, 0.29) is 31.1 Å². The van der Waals surface area contributed by atoms with Gasteiger partial charge in [-0.15, -0.1) is 29.3 Å². The van der Waals surface area contributed by atoms with Crippen LogP contribution in [0.1, 0.15) is 18.7 Å². The van der Waals surface area contributed by atoms with Crippen LogP contribution in [0.25, 0.3) is 73.0 Å². The SMILES string of the molecule is [U+2].[c-]1ccccc1-c1[c-]c(-c2cccc(-c3nc(C4=CCCC=C4)nc(-c4ccccc4)n3)c2)ccc1-c1ccc(-c2ccccn2)cc1. The van der Waals surface area contributed by atoms with Crippen LogP contribution in [0.15, 0.2) is 158 Å². The van der Waals surface area contributed by atoms with Crippen LogP contribution < -0.4 is 0 Å². The molecule has 1 aliphatic carbocycles. The zero-order valence-electron chi connectivity index (χ0n) is 26.7. The molecule has 0 unspecified atom stereocenters. The molecule has 49 heavy (non-hydrogen) atoms. The fourth-order valence-corrected chi connectivity index (χ4v) is 5.97. The van der Waals surface area contributed by atoms with Gasteiger partial charge in [0.05, 0.1) is 5.69 Å². The van der Waals surface area contributed by atoms with E-state index < -0.39 is 0 Å². The van der Waals surface area contributed by atoms with E-state index in [4.69, 9.17) is 15.0 Å². The van der Waals surface area contributed by atoms with Crippen LogP contribution in [0.3, 0.4) is 0 Å². The van der Waals surface area contributed by atoms with Gasteiger partial charge in [0.25, 0.3) is 0 Å². The summed E-state index contributed by atoms with van der Waals surface area (Å²) < 4.78 is 0. The van der Waals surface area contributed by atoms with Gasteiger partial charge in [-0.05, 0) is 25.0 Å². The molecule has 0 bridgehead atoms. The van der Waals surface area contributed by atoms with Crippen molar-refractivity contribution in [2.24, 2.45) is 0 Å². The summed E-state index contributed by atoms with van der Waals surface area (Å²) >= 11 is 0. The molecular formula is C44H30N4U. The van der Waals surface area contributed by atoms with Crippen LogP contribution in [0.2, 0.25) is 0 Å². The van der Waals surface area contributed by atoms with Gasteiger partial charge in [0.1, 0.15) is 0 Å². The van der Waals surface area contributed by atoms with Gasteiger partial charge >= 0.3 is 31.1 Å². The Kier molecular flexibility index (Phi) is 9.84. The summed E-state index contributed by atoms with van der Waals surface area (Å²) in [6.07, 6.45) is 10.3. The topological polar surface area (TPSA) is 51.6 Å². The molecule has 1 aliphatic rings. The van der Waals surface area contributed by atoms with E-state index in [2.05, 4.69) is 102 Å². The van der Waals surface area contributed by atoms with Crippen molar-refractivity contribution in [3.63, 3.8) is 0 Å². The second kappa shape index (κ2) is 14.9. The van der Waals surface area contributed by atoms with Gasteiger partial charge in [0.2, 0.25) is 0 Å². The molecule has 0 amide bonds. The quantitative estimate of drug-likeness (QED) is 0.150. The van der Waals surface area contributed by atoms with Crippen molar-refractivity contribution in [1.82, 2.24) is 19.9 Å². The average molecular weight is 853 g/mol. The fourth-order valence-electron chi connectivity index (χ4n) is 5.97. The molecule has 0 N–H and O–H groups in total. The smallest absolute Gasteiger partial charge is 0.256 e. The Balaban J connectivity index is 0.00000378. The summed E-state index contributed by atoms with van der Waals surface area (Å²) in [6, 6.07) is 52.6. The van der Waals surface area contributed by atoms with Crippen molar-refractivity contribution in [2.45, 2.75) is 12.8 Å². The molecule has 0 radical (unpaired) electrons. The van der Waals surface area contributed by atoms with Crippen LogP contribution >= 0.6 is 0 Å². The first-order valence-corrected chi connectivity index (χ1v) is 16.1. The van der Waals surface area contributed by atoms with Gasteiger partial charge in [0.15, 0.2) is 17.5 Å². The van der Waals surface area contributed by atoms with Gasteiger partial charge < -0.3 is 0 Å². The minimum Gasteiger partial charge on any atom is -0.256 e. The van der Waals surface area contributed by atoms with Crippen molar-refractivity contribution in [2.75, 3.05) is 0 Å². The number of hydrogen-bond acceptors (Lipinski definition) is 4. The number of aromatic nitrogens is 4. The molecule has 0 saturated heterocycles. The summed E-state index contributed by atoms with van der Waals surface area (Å²) in [5.74, 6) is 1.99. The number of allylic oxidation sites excluding steroid dienone is 4. The molecule has 0 aliphatic heterocycles. The van der Waals surface area contributed by atoms with E-state index in [1.54, 1.807) is 0 Å². The molecular weight excluding hydrogens is 823 g/mol. The first kappa shape index (κ1) is 32.3. The number of benzene rings is 5. The average Bonchev–Trinajstić information content (AvgIpc) is 3.19. The predicted octanol–water partition coefficient (Wildman–Crippen LogP) is 10.6. The summed E-state index contributed by atoms with van der Waals surface area (Å²) in [7, 11) is 0. The number of hydrogen-bond donors (Lipinski definition) is 0. The van der Waals surface area contributed by atoms with E-state index in [1.807, 2.05) is 72.9 Å². The van der Waals surface area contributed by atoms with Crippen LogP contribution in [-0.2, 0) is 0 Å². The van der Waals surface area contributed by atoms with Gasteiger partial charge in [-0.25, -0.2) is 20.5 Å². The first-order valence-electron chi connectivity index (χ1n) is 16.1. The second-order valence-electron chi connectivity index (χ2n) is 11.6. The van der Waals surface area contributed by atoms with E-state index in [1.165, 1.54) is 0 Å². The fraction of sp³-hybridized carbons (Fsp3) is 0.0455. The molecule has 7 aromatic rings. The van der Waals surface area contributed by atoms with Crippen LogP contribution in [-0.4, -0.2) is 19.9 Å². The van der Waals surface area contributed by atoms with E-state index in [0.717, 1.165) is 74.2 Å². The monoisotopic (exact) mass is 852 g/mol. The van der Waals surface area contributed by atoms with Gasteiger partial charge in [-0.2, -0.15) is 35.9 Å². The first-order chi connectivity index (χ1) is 23.8. The molecule has 2 aromatic heterocycles. The van der Waals surface area contributed by atoms with E-state index in [0.29, 0.717) is 17.5 Å². The molecule has 8 rings (SSSR count). The predicted molar refractivity (Wildman–Crippen MR) is 194 cm³/mol. The van der Waals surface area contributed by atoms with E-state index >= 15 is 0 Å². The second-order valence-corrected chi connectivity index (χ2v) is 11.6. The third kappa shape index (κ3) is 7.15. The molecule has 5 aromatic carbocycles. The molecule has 230 valence electrons. The number of nitrogens with zero attached hydrogens (tertiary/aromatic N) is 4. The Morgan fingerprint density at radius 1 is 0.531 bits per heavy atom. The Hall–Kier alpha value is -5.21. The summed E-state index contributed by atoms with van der Waals surface area (Å²) in [6.45, 7) is 0. The molecule has 5 heteroatoms. The van der Waals surface area contributed by atoms with Crippen molar-refractivity contribution >= 4 is 5.57 Å². The Morgan fingerprint density at radius 2 is 1.27 bits per heavy atom. The normalized spacial score (nSPS) is 12.2. The minimum absolute atomic E-state index is 0. The summed E-state index contributed by atoms with van der Waals surface area (Å²) in [5.41, 5.74) is 11.1. The number of rotatable bonds is 7. The standard InChI is InChI=1S/C44H30N4.U/c1-4-13-31(14-5-1)40-30-37(26-27-39(40)32-22-24-33(25-23-32)41-21-10-11-28-45-41)36-19-12-20-38(29-36)44-47-42(34-15-6-2-7-16-34)46-43(48-44)35-17-8-3-9-18-35;/h1-2,4-8,10-13,15-29H,3,9H2;/q-2;+2. The maximum Gasteiger partial charge on any atom is 2.00 e. The maximum atomic E-state index is 4.97. The molecule has 0 fully saturated rings. The van der Waals surface area contributed by atoms with Crippen molar-refractivity contribution in [3.8, 4) is 67.4 Å². The van der Waals surface area contributed by atoms with Gasteiger partial charge in [-0.3, -0.25) is 4.98 Å². The van der Waals surface area contributed by atoms with Crippen molar-refractivity contribution in [3.05, 3.63) is 176 Å². The van der Waals surface area contributed by atoms with Crippen LogP contribution in [0, 0.1) is 43.2 Å². The zero-order chi connectivity index (χ0) is 32.1. The molecule has 0 spiro atoms. The zero-order valence-corrected chi connectivity index (χ0v) is 30.9. The minimum atomic E-state index is 0. The van der Waals surface area contributed by atoms with Crippen molar-refractivity contribution in [1.29, 1.82) is 0 Å². The van der Waals surface area contributed by atoms with Crippen molar-refractivity contribution < 1.29 is 31.1 Å². The van der Waals surface area contributed by atoms with E-state index in [9.17, 15) is 0 Å². The summed E-state index contributed by atoms with van der Waals surface area (Å²) in [4.78, 5) is 19.3. The summed E-state index contributed by atoms with van der Waals surface area (Å²) in [5, 5.41) is 0. The Labute approximate surface area is 310 Å². The van der Waals surface area contributed by atoms with Crippen LogP contribution in [0.5, 0.6) is 0 Å².